The van der Waals surface area contributed by atoms with Crippen molar-refractivity contribution in [1.82, 2.24) is 19.9 Å². The van der Waals surface area contributed by atoms with Gasteiger partial charge >= 0.3 is 0 Å². The van der Waals surface area contributed by atoms with Gasteiger partial charge in [0.05, 0.1) is 5.75 Å². The predicted molar refractivity (Wildman–Crippen MR) is 130 cm³/mol. The van der Waals surface area contributed by atoms with Gasteiger partial charge in [0.15, 0.2) is 22.6 Å². The number of hydrogen-bond donors (Lipinski definition) is 2. The third-order valence-corrected chi connectivity index (χ3v) is 5.68. The van der Waals surface area contributed by atoms with Crippen LogP contribution >= 0.6 is 11.8 Å². The van der Waals surface area contributed by atoms with E-state index in [4.69, 9.17) is 11.6 Å². The van der Waals surface area contributed by atoms with Crippen molar-refractivity contribution in [3.63, 3.8) is 0 Å². The zero-order chi connectivity index (χ0) is 23.0. The zero-order valence-electron chi connectivity index (χ0n) is 17.8. The van der Waals surface area contributed by atoms with E-state index in [9.17, 15) is 4.79 Å². The average Bonchev–Trinajstić information content (AvgIpc) is 3.26. The first-order valence-electron chi connectivity index (χ1n) is 10.2. The van der Waals surface area contributed by atoms with Gasteiger partial charge in [0, 0.05) is 16.8 Å². The SMILES string of the molecule is N/C(=N\N(N)Cc1nnc(SCC(=O)c2ccccc2)n1-c1ccccc1)c1ccccc1. The maximum absolute atomic E-state index is 12.6. The van der Waals surface area contributed by atoms with E-state index in [1.54, 1.807) is 12.1 Å². The lowest BCUT2D eigenvalue weighted by molar-refractivity contribution is 0.102. The second-order valence-corrected chi connectivity index (χ2v) is 8.04. The molecule has 33 heavy (non-hydrogen) atoms. The van der Waals surface area contributed by atoms with E-state index < -0.39 is 0 Å². The standard InChI is InChI=1S/C24H23N7OS/c25-23(19-12-6-2-7-13-19)29-30(26)16-22-27-28-24(31(22)20-14-8-3-9-15-20)33-17-21(32)18-10-4-1-5-11-18/h1-15H,16-17,26H2,(H2,25,29). The Morgan fingerprint density at radius 3 is 2.09 bits per heavy atom. The van der Waals surface area contributed by atoms with Crippen molar-refractivity contribution in [2.75, 3.05) is 5.75 Å². The third kappa shape index (κ3) is 5.65. The first-order valence-corrected chi connectivity index (χ1v) is 11.2. The number of rotatable bonds is 9. The minimum atomic E-state index is 0.0189. The molecule has 0 amide bonds. The summed E-state index contributed by atoms with van der Waals surface area (Å²) in [7, 11) is 0. The molecule has 0 fully saturated rings. The van der Waals surface area contributed by atoms with E-state index in [1.165, 1.54) is 16.9 Å². The van der Waals surface area contributed by atoms with Crippen LogP contribution in [0, 0.1) is 0 Å². The Kier molecular flexibility index (Phi) is 7.13. The van der Waals surface area contributed by atoms with Crippen molar-refractivity contribution in [3.8, 4) is 5.69 Å². The summed E-state index contributed by atoms with van der Waals surface area (Å²) in [5.41, 5.74) is 8.38. The highest BCUT2D eigenvalue weighted by Crippen LogP contribution is 2.23. The number of amidine groups is 1. The quantitative estimate of drug-likeness (QED) is 0.0990. The Labute approximate surface area is 195 Å². The minimum absolute atomic E-state index is 0.0189. The van der Waals surface area contributed by atoms with Crippen LogP contribution in [0.25, 0.3) is 5.69 Å². The fourth-order valence-electron chi connectivity index (χ4n) is 3.16. The molecule has 0 radical (unpaired) electrons. The van der Waals surface area contributed by atoms with Crippen molar-refractivity contribution in [3.05, 3.63) is 108 Å². The van der Waals surface area contributed by atoms with Crippen molar-refractivity contribution in [2.24, 2.45) is 16.7 Å². The van der Waals surface area contributed by atoms with Crippen LogP contribution in [0.1, 0.15) is 21.7 Å². The lowest BCUT2D eigenvalue weighted by atomic mass is 10.2. The number of thioether (sulfide) groups is 1. The van der Waals surface area contributed by atoms with Crippen LogP contribution in [-0.4, -0.2) is 37.3 Å². The Morgan fingerprint density at radius 2 is 1.45 bits per heavy atom. The van der Waals surface area contributed by atoms with E-state index in [2.05, 4.69) is 15.3 Å². The molecule has 0 saturated heterocycles. The summed E-state index contributed by atoms with van der Waals surface area (Å²) in [6.07, 6.45) is 0. The number of hydrogen-bond acceptors (Lipinski definition) is 7. The number of ketones is 1. The Balaban J connectivity index is 1.55. The number of nitrogens with two attached hydrogens (primary N) is 2. The second-order valence-electron chi connectivity index (χ2n) is 7.10. The van der Waals surface area contributed by atoms with Gasteiger partial charge in [-0.05, 0) is 12.1 Å². The smallest absolute Gasteiger partial charge is 0.196 e. The number of aromatic nitrogens is 3. The molecule has 3 aromatic carbocycles. The van der Waals surface area contributed by atoms with Crippen LogP contribution in [-0.2, 0) is 6.54 Å². The van der Waals surface area contributed by atoms with Crippen LogP contribution in [0.3, 0.4) is 0 Å². The predicted octanol–water partition coefficient (Wildman–Crippen LogP) is 3.24. The third-order valence-electron chi connectivity index (χ3n) is 4.75. The number of hydrazone groups is 1. The fourth-order valence-corrected chi connectivity index (χ4v) is 4.02. The van der Waals surface area contributed by atoms with E-state index in [1.807, 2.05) is 83.4 Å². The summed E-state index contributed by atoms with van der Waals surface area (Å²) >= 11 is 1.32. The zero-order valence-corrected chi connectivity index (χ0v) is 18.6. The van der Waals surface area contributed by atoms with Crippen LogP contribution in [0.2, 0.25) is 0 Å². The van der Waals surface area contributed by atoms with Crippen molar-refractivity contribution >= 4 is 23.4 Å². The van der Waals surface area contributed by atoms with Gasteiger partial charge in [-0.3, -0.25) is 9.36 Å². The van der Waals surface area contributed by atoms with Crippen LogP contribution in [0.5, 0.6) is 0 Å². The van der Waals surface area contributed by atoms with E-state index in [0.29, 0.717) is 22.4 Å². The highest BCUT2D eigenvalue weighted by molar-refractivity contribution is 7.99. The molecule has 8 nitrogen and oxygen atoms in total. The molecule has 0 bridgehead atoms. The molecule has 0 atom stereocenters. The van der Waals surface area contributed by atoms with E-state index in [-0.39, 0.29) is 18.1 Å². The topological polar surface area (TPSA) is 115 Å². The monoisotopic (exact) mass is 457 g/mol. The molecule has 0 aliphatic rings. The Morgan fingerprint density at radius 1 is 0.879 bits per heavy atom. The molecular formula is C24H23N7OS. The molecule has 0 spiro atoms. The molecule has 0 saturated carbocycles. The van der Waals surface area contributed by atoms with Crippen LogP contribution < -0.4 is 11.6 Å². The summed E-state index contributed by atoms with van der Waals surface area (Å²) in [5, 5.41) is 14.7. The van der Waals surface area contributed by atoms with E-state index >= 15 is 0 Å². The Bertz CT molecular complexity index is 1230. The Hall–Kier alpha value is -3.95. The largest absolute Gasteiger partial charge is 0.382 e. The van der Waals surface area contributed by atoms with Gasteiger partial charge in [-0.25, -0.2) is 11.0 Å². The molecule has 1 aromatic heterocycles. The van der Waals surface area contributed by atoms with Crippen molar-refractivity contribution in [2.45, 2.75) is 11.7 Å². The first kappa shape index (κ1) is 22.3. The molecular weight excluding hydrogens is 434 g/mol. The molecule has 0 unspecified atom stereocenters. The van der Waals surface area contributed by atoms with Gasteiger partial charge in [-0.1, -0.05) is 90.6 Å². The lowest BCUT2D eigenvalue weighted by Crippen LogP contribution is -2.30. The van der Waals surface area contributed by atoms with Gasteiger partial charge in [0.1, 0.15) is 6.54 Å². The molecule has 9 heteroatoms. The minimum Gasteiger partial charge on any atom is -0.382 e. The fraction of sp³-hybridized carbons (Fsp3) is 0.0833. The number of carbonyl (C=O) groups excluding carboxylic acids is 1. The van der Waals surface area contributed by atoms with Crippen LogP contribution in [0.15, 0.2) is 101 Å². The van der Waals surface area contributed by atoms with Gasteiger partial charge in [0.2, 0.25) is 0 Å². The first-order chi connectivity index (χ1) is 16.1. The van der Waals surface area contributed by atoms with Crippen molar-refractivity contribution < 1.29 is 4.79 Å². The number of nitrogens with zero attached hydrogens (tertiary/aromatic N) is 5. The second kappa shape index (κ2) is 10.6. The number of Topliss-reactive ketones (excluding diaryl/α,β-unsaturated/α-hetero) is 1. The summed E-state index contributed by atoms with van der Waals surface area (Å²) < 4.78 is 1.87. The number of para-hydroxylation sites is 1. The van der Waals surface area contributed by atoms with Gasteiger partial charge in [-0.15, -0.1) is 15.3 Å². The van der Waals surface area contributed by atoms with Crippen molar-refractivity contribution in [1.29, 1.82) is 0 Å². The maximum Gasteiger partial charge on any atom is 0.196 e. The average molecular weight is 458 g/mol. The van der Waals surface area contributed by atoms with E-state index in [0.717, 1.165) is 11.3 Å². The molecule has 0 aliphatic carbocycles. The molecule has 0 aliphatic heterocycles. The number of carbonyl (C=O) groups is 1. The highest BCUT2D eigenvalue weighted by atomic mass is 32.2. The van der Waals surface area contributed by atoms with Gasteiger partial charge in [0.25, 0.3) is 0 Å². The summed E-state index contributed by atoms with van der Waals surface area (Å²) in [6.45, 7) is 0.169. The highest BCUT2D eigenvalue weighted by Gasteiger charge is 2.18. The summed E-state index contributed by atoms with van der Waals surface area (Å²) in [5.74, 6) is 7.25. The number of benzene rings is 3. The number of hydrazine groups is 1. The van der Waals surface area contributed by atoms with Gasteiger partial charge in [-0.2, -0.15) is 0 Å². The lowest BCUT2D eigenvalue weighted by Gasteiger charge is -2.15. The molecule has 4 aromatic rings. The summed E-state index contributed by atoms with van der Waals surface area (Å²) in [4.78, 5) is 12.6. The normalized spacial score (nSPS) is 11.4. The molecule has 1 heterocycles. The van der Waals surface area contributed by atoms with Crippen LogP contribution in [0.4, 0.5) is 0 Å². The molecule has 4 N–H and O–H groups in total. The van der Waals surface area contributed by atoms with Gasteiger partial charge < -0.3 is 5.73 Å². The molecule has 166 valence electrons. The summed E-state index contributed by atoms with van der Waals surface area (Å²) in [6, 6.07) is 28.2. The molecule has 4 rings (SSSR count). The maximum atomic E-state index is 12.6.